The molecule has 1 aromatic carbocycles. The van der Waals surface area contributed by atoms with Crippen molar-refractivity contribution in [3.63, 3.8) is 0 Å². The van der Waals surface area contributed by atoms with Gasteiger partial charge in [-0.05, 0) is 31.5 Å². The van der Waals surface area contributed by atoms with Crippen LogP contribution in [0.5, 0.6) is 5.75 Å². The number of nitrogens with one attached hydrogen (secondary N) is 2. The molecule has 0 unspecified atom stereocenters. The number of carbonyl (C=O) groups excluding carboxylic acids is 1. The van der Waals surface area contributed by atoms with E-state index in [1.54, 1.807) is 13.2 Å². The highest BCUT2D eigenvalue weighted by molar-refractivity contribution is 5.89. The number of hydrogen-bond acceptors (Lipinski definition) is 3. The Kier molecular flexibility index (Phi) is 5.24. The minimum absolute atomic E-state index is 0.176. The van der Waals surface area contributed by atoms with Gasteiger partial charge >= 0.3 is 6.03 Å². The van der Waals surface area contributed by atoms with Gasteiger partial charge in [0.1, 0.15) is 5.75 Å². The van der Waals surface area contributed by atoms with E-state index in [2.05, 4.69) is 22.5 Å². The van der Waals surface area contributed by atoms with Crippen LogP contribution in [0.2, 0.25) is 0 Å². The first-order valence-corrected chi connectivity index (χ1v) is 7.16. The van der Waals surface area contributed by atoms with Gasteiger partial charge in [0.15, 0.2) is 0 Å². The zero-order valence-corrected chi connectivity index (χ0v) is 12.2. The van der Waals surface area contributed by atoms with Crippen LogP contribution in [0.25, 0.3) is 0 Å². The molecule has 1 aliphatic carbocycles. The number of carbonyl (C=O) groups is 1. The van der Waals surface area contributed by atoms with Crippen LogP contribution in [-0.2, 0) is 0 Å². The summed E-state index contributed by atoms with van der Waals surface area (Å²) in [4.78, 5) is 14.2. The first-order valence-electron chi connectivity index (χ1n) is 7.16. The lowest BCUT2D eigenvalue weighted by Gasteiger charge is -2.19. The van der Waals surface area contributed by atoms with Gasteiger partial charge in [-0.25, -0.2) is 4.79 Å². The predicted molar refractivity (Wildman–Crippen MR) is 80.3 cm³/mol. The molecule has 2 amide bonds. The molecule has 0 atom stereocenters. The van der Waals surface area contributed by atoms with E-state index in [-0.39, 0.29) is 6.03 Å². The molecule has 0 bridgehead atoms. The van der Waals surface area contributed by atoms with Crippen LogP contribution in [0, 0.1) is 0 Å². The minimum atomic E-state index is -0.176. The average Bonchev–Trinajstić information content (AvgIpc) is 3.28. The lowest BCUT2D eigenvalue weighted by Crippen LogP contribution is -2.37. The second-order valence-corrected chi connectivity index (χ2v) is 4.97. The van der Waals surface area contributed by atoms with E-state index < -0.39 is 0 Å². The van der Waals surface area contributed by atoms with Crippen molar-refractivity contribution in [2.45, 2.75) is 25.8 Å². The van der Waals surface area contributed by atoms with Crippen molar-refractivity contribution in [3.8, 4) is 5.75 Å². The van der Waals surface area contributed by atoms with Crippen molar-refractivity contribution in [1.29, 1.82) is 0 Å². The molecule has 0 aromatic heterocycles. The molecule has 1 saturated carbocycles. The van der Waals surface area contributed by atoms with E-state index in [4.69, 9.17) is 4.74 Å². The van der Waals surface area contributed by atoms with Gasteiger partial charge in [0.2, 0.25) is 0 Å². The van der Waals surface area contributed by atoms with E-state index >= 15 is 0 Å². The summed E-state index contributed by atoms with van der Waals surface area (Å²) in [5, 5.41) is 5.69. The lowest BCUT2D eigenvalue weighted by molar-refractivity contribution is 0.245. The van der Waals surface area contributed by atoms with Crippen molar-refractivity contribution in [1.82, 2.24) is 10.2 Å². The zero-order chi connectivity index (χ0) is 14.4. The molecule has 0 saturated heterocycles. The largest absolute Gasteiger partial charge is 0.497 e. The first-order chi connectivity index (χ1) is 9.72. The van der Waals surface area contributed by atoms with Crippen molar-refractivity contribution < 1.29 is 9.53 Å². The minimum Gasteiger partial charge on any atom is -0.497 e. The fourth-order valence-electron chi connectivity index (χ4n) is 2.23. The third-order valence-electron chi connectivity index (χ3n) is 3.48. The van der Waals surface area contributed by atoms with Crippen molar-refractivity contribution >= 4 is 11.7 Å². The summed E-state index contributed by atoms with van der Waals surface area (Å²) < 4.78 is 5.12. The molecular formula is C15H23N3O2. The van der Waals surface area contributed by atoms with E-state index in [1.165, 1.54) is 12.8 Å². The Morgan fingerprint density at radius 3 is 2.90 bits per heavy atom. The summed E-state index contributed by atoms with van der Waals surface area (Å²) in [5.74, 6) is 0.730. The van der Waals surface area contributed by atoms with Gasteiger partial charge in [0.25, 0.3) is 0 Å². The zero-order valence-electron chi connectivity index (χ0n) is 12.2. The molecule has 0 radical (unpaired) electrons. The van der Waals surface area contributed by atoms with Gasteiger partial charge in [-0.15, -0.1) is 0 Å². The fraction of sp³-hybridized carbons (Fsp3) is 0.533. The quantitative estimate of drug-likeness (QED) is 0.804. The predicted octanol–water partition coefficient (Wildman–Crippen LogP) is 2.30. The van der Waals surface area contributed by atoms with E-state index in [9.17, 15) is 4.79 Å². The number of rotatable bonds is 7. The molecule has 1 aliphatic rings. The molecule has 5 heteroatoms. The summed E-state index contributed by atoms with van der Waals surface area (Å²) in [6.07, 6.45) is 2.59. The monoisotopic (exact) mass is 277 g/mol. The Balaban J connectivity index is 1.71. The number of methoxy groups -OCH3 is 1. The molecular weight excluding hydrogens is 254 g/mol. The van der Waals surface area contributed by atoms with Crippen LogP contribution in [0.15, 0.2) is 24.3 Å². The molecule has 0 aliphatic heterocycles. The average molecular weight is 277 g/mol. The first kappa shape index (κ1) is 14.7. The molecule has 1 fully saturated rings. The maximum absolute atomic E-state index is 11.8. The third-order valence-corrected chi connectivity index (χ3v) is 3.48. The van der Waals surface area contributed by atoms with Crippen LogP contribution >= 0.6 is 0 Å². The number of ether oxygens (including phenoxy) is 1. The van der Waals surface area contributed by atoms with Crippen LogP contribution in [-0.4, -0.2) is 43.7 Å². The van der Waals surface area contributed by atoms with Gasteiger partial charge < -0.3 is 15.4 Å². The van der Waals surface area contributed by atoms with Crippen molar-refractivity contribution in [2.24, 2.45) is 0 Å². The van der Waals surface area contributed by atoms with Crippen LogP contribution in [0.3, 0.4) is 0 Å². The number of urea groups is 1. The molecule has 0 heterocycles. The SMILES string of the molecule is CCN(CCNC(=O)Nc1cccc(OC)c1)C1CC1. The molecule has 5 nitrogen and oxygen atoms in total. The molecule has 2 rings (SSSR count). The smallest absolute Gasteiger partial charge is 0.319 e. The van der Waals surface area contributed by atoms with Gasteiger partial charge in [0, 0.05) is 30.9 Å². The molecule has 1 aromatic rings. The van der Waals surface area contributed by atoms with E-state index in [0.717, 1.165) is 30.6 Å². The lowest BCUT2D eigenvalue weighted by atomic mass is 10.3. The summed E-state index contributed by atoms with van der Waals surface area (Å²) in [6, 6.07) is 7.89. The van der Waals surface area contributed by atoms with Crippen LogP contribution < -0.4 is 15.4 Å². The molecule has 20 heavy (non-hydrogen) atoms. The highest BCUT2D eigenvalue weighted by Crippen LogP contribution is 2.25. The molecule has 110 valence electrons. The number of benzene rings is 1. The second-order valence-electron chi connectivity index (χ2n) is 4.97. The summed E-state index contributed by atoms with van der Waals surface area (Å²) >= 11 is 0. The highest BCUT2D eigenvalue weighted by Gasteiger charge is 2.27. The Hall–Kier alpha value is -1.75. The summed E-state index contributed by atoms with van der Waals surface area (Å²) in [5.41, 5.74) is 0.733. The van der Waals surface area contributed by atoms with Gasteiger partial charge in [0.05, 0.1) is 7.11 Å². The standard InChI is InChI=1S/C15H23N3O2/c1-3-18(13-7-8-13)10-9-16-15(19)17-12-5-4-6-14(11-12)20-2/h4-6,11,13H,3,7-10H2,1-2H3,(H2,16,17,19). The van der Waals surface area contributed by atoms with Gasteiger partial charge in [-0.1, -0.05) is 13.0 Å². The Labute approximate surface area is 120 Å². The van der Waals surface area contributed by atoms with Crippen LogP contribution in [0.1, 0.15) is 19.8 Å². The van der Waals surface area contributed by atoms with Crippen LogP contribution in [0.4, 0.5) is 10.5 Å². The number of hydrogen-bond donors (Lipinski definition) is 2. The number of anilines is 1. The van der Waals surface area contributed by atoms with Crippen molar-refractivity contribution in [3.05, 3.63) is 24.3 Å². The third kappa shape index (κ3) is 4.42. The molecule has 2 N–H and O–H groups in total. The van der Waals surface area contributed by atoms with Gasteiger partial charge in [-0.2, -0.15) is 0 Å². The summed E-state index contributed by atoms with van der Waals surface area (Å²) in [6.45, 7) is 4.78. The van der Waals surface area contributed by atoms with Gasteiger partial charge in [-0.3, -0.25) is 4.90 Å². The number of nitrogens with zero attached hydrogens (tertiary/aromatic N) is 1. The summed E-state index contributed by atoms with van der Waals surface area (Å²) in [7, 11) is 1.61. The fourth-order valence-corrected chi connectivity index (χ4v) is 2.23. The maximum atomic E-state index is 11.8. The number of likely N-dealkylation sites (N-methyl/N-ethyl adjacent to an activating group) is 1. The Morgan fingerprint density at radius 1 is 1.45 bits per heavy atom. The van der Waals surface area contributed by atoms with Crippen molar-refractivity contribution in [2.75, 3.05) is 32.1 Å². The van der Waals surface area contributed by atoms with E-state index in [0.29, 0.717) is 6.54 Å². The van der Waals surface area contributed by atoms with E-state index in [1.807, 2.05) is 18.2 Å². The Morgan fingerprint density at radius 2 is 2.25 bits per heavy atom. The second kappa shape index (κ2) is 7.14. The Bertz CT molecular complexity index is 446. The molecule has 0 spiro atoms. The topological polar surface area (TPSA) is 53.6 Å². The normalized spacial score (nSPS) is 14.2. The maximum Gasteiger partial charge on any atom is 0.319 e. The highest BCUT2D eigenvalue weighted by atomic mass is 16.5. The number of amides is 2.